The lowest BCUT2D eigenvalue weighted by molar-refractivity contribution is -0.120. The number of nitrogens with zero attached hydrogens (tertiary/aromatic N) is 1. The number of ether oxygens (including phenoxy) is 2. The molecule has 0 aliphatic rings. The zero-order valence-electron chi connectivity index (χ0n) is 15.8. The number of methoxy groups -OCH3 is 1. The molecule has 0 fully saturated rings. The Morgan fingerprint density at radius 3 is 2.61 bits per heavy atom. The number of carbonyl (C=O) groups excluding carboxylic acids is 1. The van der Waals surface area contributed by atoms with E-state index >= 15 is 0 Å². The quantitative estimate of drug-likeness (QED) is 0.647. The largest absolute Gasteiger partial charge is 0.493 e. The number of amides is 1. The van der Waals surface area contributed by atoms with Gasteiger partial charge >= 0.3 is 0 Å². The molecule has 5 nitrogen and oxygen atoms in total. The molecule has 0 radical (unpaired) electrons. The Labute approximate surface area is 164 Å². The number of fused-ring (bicyclic) bond motifs is 1. The second kappa shape index (κ2) is 9.43. The minimum absolute atomic E-state index is 0.136. The highest BCUT2D eigenvalue weighted by atomic mass is 16.5. The van der Waals surface area contributed by atoms with Gasteiger partial charge < -0.3 is 14.8 Å². The number of nitrogens with one attached hydrogen (secondary N) is 1. The topological polar surface area (TPSA) is 71.3 Å². The maximum absolute atomic E-state index is 11.5. The van der Waals surface area contributed by atoms with Crippen molar-refractivity contribution >= 4 is 16.7 Å². The maximum Gasteiger partial charge on any atom is 0.234 e. The van der Waals surface area contributed by atoms with Crippen LogP contribution in [-0.4, -0.2) is 19.6 Å². The third-order valence-corrected chi connectivity index (χ3v) is 4.49. The minimum Gasteiger partial charge on any atom is -0.493 e. The predicted octanol–water partition coefficient (Wildman–Crippen LogP) is 4.00. The van der Waals surface area contributed by atoms with E-state index in [9.17, 15) is 4.79 Å². The molecule has 142 valence electrons. The first kappa shape index (κ1) is 19.2. The first-order valence-corrected chi connectivity index (χ1v) is 9.12. The average molecular weight is 374 g/mol. The number of rotatable bonds is 8. The molecule has 1 N–H and O–H groups in total. The highest BCUT2D eigenvalue weighted by molar-refractivity contribution is 5.85. The number of carbonyl (C=O) groups is 1. The van der Waals surface area contributed by atoms with Crippen LogP contribution in [0.4, 0.5) is 0 Å². The summed E-state index contributed by atoms with van der Waals surface area (Å²) in [7, 11) is 1.61. The van der Waals surface area contributed by atoms with Gasteiger partial charge in [-0.3, -0.25) is 4.79 Å². The van der Waals surface area contributed by atoms with E-state index < -0.39 is 0 Å². The molecule has 5 heteroatoms. The molecule has 0 bridgehead atoms. The lowest BCUT2D eigenvalue weighted by Crippen LogP contribution is -2.25. The van der Waals surface area contributed by atoms with Crippen molar-refractivity contribution < 1.29 is 14.3 Å². The van der Waals surface area contributed by atoms with Gasteiger partial charge in [-0.25, -0.2) is 0 Å². The molecule has 0 atom stereocenters. The van der Waals surface area contributed by atoms with Crippen LogP contribution in [0.25, 0.3) is 10.8 Å². The van der Waals surface area contributed by atoms with Crippen molar-refractivity contribution in [1.82, 2.24) is 5.32 Å². The van der Waals surface area contributed by atoms with Crippen LogP contribution in [0.15, 0.2) is 60.7 Å². The SMILES string of the molecule is COc1cccc(CCNC(=O)CC#N)c1OCc1cccc2ccccc12. The van der Waals surface area contributed by atoms with Crippen molar-refractivity contribution in [2.75, 3.05) is 13.7 Å². The highest BCUT2D eigenvalue weighted by Gasteiger charge is 2.12. The van der Waals surface area contributed by atoms with Gasteiger partial charge in [-0.05, 0) is 34.4 Å². The molecule has 1 amide bonds. The van der Waals surface area contributed by atoms with Gasteiger partial charge in [0.2, 0.25) is 5.91 Å². The van der Waals surface area contributed by atoms with E-state index in [1.165, 1.54) is 5.39 Å². The fourth-order valence-electron chi connectivity index (χ4n) is 3.12. The second-order valence-electron chi connectivity index (χ2n) is 6.31. The Kier molecular flexibility index (Phi) is 6.48. The van der Waals surface area contributed by atoms with Crippen LogP contribution in [0.1, 0.15) is 17.5 Å². The fraction of sp³-hybridized carbons (Fsp3) is 0.217. The van der Waals surface area contributed by atoms with E-state index in [1.54, 1.807) is 7.11 Å². The van der Waals surface area contributed by atoms with Crippen LogP contribution in [0, 0.1) is 11.3 Å². The van der Waals surface area contributed by atoms with Crippen molar-refractivity contribution in [2.45, 2.75) is 19.4 Å². The zero-order chi connectivity index (χ0) is 19.8. The van der Waals surface area contributed by atoms with E-state index in [2.05, 4.69) is 29.6 Å². The molecule has 0 aromatic heterocycles. The van der Waals surface area contributed by atoms with Crippen LogP contribution in [0.5, 0.6) is 11.5 Å². The summed E-state index contributed by atoms with van der Waals surface area (Å²) in [5.41, 5.74) is 2.04. The van der Waals surface area contributed by atoms with Gasteiger partial charge in [0.15, 0.2) is 11.5 Å². The van der Waals surface area contributed by atoms with E-state index in [-0.39, 0.29) is 12.3 Å². The van der Waals surface area contributed by atoms with Crippen LogP contribution in [-0.2, 0) is 17.8 Å². The minimum atomic E-state index is -0.274. The second-order valence-corrected chi connectivity index (χ2v) is 6.31. The van der Waals surface area contributed by atoms with Crippen LogP contribution in [0.2, 0.25) is 0 Å². The summed E-state index contributed by atoms with van der Waals surface area (Å²) in [6.07, 6.45) is 0.446. The van der Waals surface area contributed by atoms with Crippen molar-refractivity contribution in [3.05, 3.63) is 71.8 Å². The number of benzene rings is 3. The van der Waals surface area contributed by atoms with E-state index in [0.717, 1.165) is 16.5 Å². The summed E-state index contributed by atoms with van der Waals surface area (Å²) >= 11 is 0. The van der Waals surface area contributed by atoms with Gasteiger partial charge in [0, 0.05) is 6.54 Å². The number of nitriles is 1. The number of hydrogen-bond acceptors (Lipinski definition) is 4. The van der Waals surface area contributed by atoms with Gasteiger partial charge in [-0.15, -0.1) is 0 Å². The molecule has 28 heavy (non-hydrogen) atoms. The Balaban J connectivity index is 1.76. The predicted molar refractivity (Wildman–Crippen MR) is 108 cm³/mol. The zero-order valence-corrected chi connectivity index (χ0v) is 15.8. The fourth-order valence-corrected chi connectivity index (χ4v) is 3.12. The first-order chi connectivity index (χ1) is 13.7. The van der Waals surface area contributed by atoms with Crippen molar-refractivity contribution in [3.8, 4) is 17.6 Å². The smallest absolute Gasteiger partial charge is 0.234 e. The standard InChI is InChI=1S/C23H22N2O3/c1-27-21-11-5-8-18(13-15-25-22(26)12-14-24)23(21)28-16-19-9-4-7-17-6-2-3-10-20(17)19/h2-11H,12-13,15-16H2,1H3,(H,25,26). The molecule has 3 aromatic rings. The van der Waals surface area contributed by atoms with Crippen LogP contribution in [0.3, 0.4) is 0 Å². The molecule has 3 rings (SSSR count). The van der Waals surface area contributed by atoms with E-state index in [0.29, 0.717) is 31.1 Å². The lowest BCUT2D eigenvalue weighted by Gasteiger charge is -2.16. The van der Waals surface area contributed by atoms with Crippen LogP contribution >= 0.6 is 0 Å². The Morgan fingerprint density at radius 2 is 1.79 bits per heavy atom. The molecule has 3 aromatic carbocycles. The highest BCUT2D eigenvalue weighted by Crippen LogP contribution is 2.32. The molecule has 0 spiro atoms. The van der Waals surface area contributed by atoms with Gasteiger partial charge in [-0.1, -0.05) is 54.6 Å². The van der Waals surface area contributed by atoms with Crippen molar-refractivity contribution in [2.24, 2.45) is 0 Å². The Morgan fingerprint density at radius 1 is 1.04 bits per heavy atom. The van der Waals surface area contributed by atoms with Gasteiger partial charge in [-0.2, -0.15) is 5.26 Å². The molecular formula is C23H22N2O3. The Bertz CT molecular complexity index is 1000. The number of para-hydroxylation sites is 1. The summed E-state index contributed by atoms with van der Waals surface area (Å²) in [4.78, 5) is 11.5. The summed E-state index contributed by atoms with van der Waals surface area (Å²) in [6.45, 7) is 0.841. The normalized spacial score (nSPS) is 10.3. The van der Waals surface area contributed by atoms with Gasteiger partial charge in [0.25, 0.3) is 0 Å². The Hall–Kier alpha value is -3.52. The third kappa shape index (κ3) is 4.60. The number of hydrogen-bond donors (Lipinski definition) is 1. The van der Waals surface area contributed by atoms with Gasteiger partial charge in [0.05, 0.1) is 13.2 Å². The molecular weight excluding hydrogens is 352 g/mol. The third-order valence-electron chi connectivity index (χ3n) is 4.49. The molecule has 0 aliphatic carbocycles. The summed E-state index contributed by atoms with van der Waals surface area (Å²) in [5, 5.41) is 13.6. The van der Waals surface area contributed by atoms with Crippen molar-refractivity contribution in [1.29, 1.82) is 5.26 Å². The summed E-state index contributed by atoms with van der Waals surface area (Å²) in [6, 6.07) is 21.9. The van der Waals surface area contributed by atoms with Gasteiger partial charge in [0.1, 0.15) is 13.0 Å². The maximum atomic E-state index is 11.5. The molecule has 0 saturated heterocycles. The molecule has 0 aliphatic heterocycles. The van der Waals surface area contributed by atoms with Crippen molar-refractivity contribution in [3.63, 3.8) is 0 Å². The summed E-state index contributed by atoms with van der Waals surface area (Å²) < 4.78 is 11.6. The van der Waals surface area contributed by atoms with E-state index in [1.807, 2.05) is 42.5 Å². The monoisotopic (exact) mass is 374 g/mol. The molecule has 0 unspecified atom stereocenters. The average Bonchev–Trinajstić information content (AvgIpc) is 2.72. The molecule has 0 heterocycles. The first-order valence-electron chi connectivity index (χ1n) is 9.12. The van der Waals surface area contributed by atoms with Crippen LogP contribution < -0.4 is 14.8 Å². The lowest BCUT2D eigenvalue weighted by atomic mass is 10.1. The summed E-state index contributed by atoms with van der Waals surface area (Å²) in [5.74, 6) is 1.05. The molecule has 0 saturated carbocycles. The van der Waals surface area contributed by atoms with E-state index in [4.69, 9.17) is 14.7 Å².